The van der Waals surface area contributed by atoms with E-state index >= 15 is 0 Å². The molecule has 1 aromatic carbocycles. The van der Waals surface area contributed by atoms with Crippen LogP contribution in [0, 0.1) is 0 Å². The smallest absolute Gasteiger partial charge is 0.229 e. The minimum absolute atomic E-state index is 0.0291. The second kappa shape index (κ2) is 6.20. The molecule has 1 amide bonds. The Morgan fingerprint density at radius 2 is 2.09 bits per heavy atom. The Kier molecular flexibility index (Phi) is 3.92. The topological polar surface area (TPSA) is 42.2 Å². The summed E-state index contributed by atoms with van der Waals surface area (Å²) in [6.07, 6.45) is 6.23. The van der Waals surface area contributed by atoms with Crippen LogP contribution >= 0.6 is 11.3 Å². The third kappa shape index (κ3) is 3.04. The van der Waals surface area contributed by atoms with E-state index in [1.165, 1.54) is 24.8 Å². The fourth-order valence-electron chi connectivity index (χ4n) is 3.29. The van der Waals surface area contributed by atoms with Gasteiger partial charge in [-0.3, -0.25) is 4.79 Å². The number of hydrogen-bond acceptors (Lipinski definition) is 3. The molecule has 4 heteroatoms. The Morgan fingerprint density at radius 1 is 1.17 bits per heavy atom. The molecule has 1 aliphatic carbocycles. The van der Waals surface area contributed by atoms with E-state index in [9.17, 15) is 4.79 Å². The van der Waals surface area contributed by atoms with E-state index in [1.54, 1.807) is 11.3 Å². The van der Waals surface area contributed by atoms with E-state index in [-0.39, 0.29) is 5.91 Å². The number of nitrogens with one attached hydrogen (secondary N) is 1. The Bertz CT molecular complexity index is 833. The van der Waals surface area contributed by atoms with Gasteiger partial charge in [0.2, 0.25) is 5.91 Å². The van der Waals surface area contributed by atoms with E-state index < -0.39 is 0 Å². The molecular formula is C19H19NO2S. The monoisotopic (exact) mass is 325 g/mol. The zero-order valence-electron chi connectivity index (χ0n) is 12.9. The van der Waals surface area contributed by atoms with Gasteiger partial charge in [0.25, 0.3) is 0 Å². The molecule has 3 aromatic rings. The van der Waals surface area contributed by atoms with Crippen molar-refractivity contribution in [2.45, 2.75) is 38.5 Å². The Balaban J connectivity index is 1.58. The lowest BCUT2D eigenvalue weighted by Crippen LogP contribution is -2.13. The summed E-state index contributed by atoms with van der Waals surface area (Å²) in [5, 5.41) is 6.17. The maximum atomic E-state index is 12.2. The number of furan rings is 1. The Hall–Kier alpha value is -2.07. The molecule has 0 fully saturated rings. The Morgan fingerprint density at radius 3 is 2.96 bits per heavy atom. The highest BCUT2D eigenvalue weighted by molar-refractivity contribution is 7.10. The average Bonchev–Trinajstić information content (AvgIpc) is 3.09. The second-order valence-electron chi connectivity index (χ2n) is 6.08. The molecule has 4 rings (SSSR count). The maximum absolute atomic E-state index is 12.2. The summed E-state index contributed by atoms with van der Waals surface area (Å²) in [6, 6.07) is 9.93. The van der Waals surface area contributed by atoms with Gasteiger partial charge in [-0.25, -0.2) is 0 Å². The quantitative estimate of drug-likeness (QED) is 0.693. The molecule has 2 aromatic heterocycles. The van der Waals surface area contributed by atoms with E-state index in [1.807, 2.05) is 29.6 Å². The molecule has 0 radical (unpaired) electrons. The number of hydrogen-bond donors (Lipinski definition) is 1. The van der Waals surface area contributed by atoms with Crippen LogP contribution in [-0.4, -0.2) is 5.91 Å². The predicted molar refractivity (Wildman–Crippen MR) is 94.1 cm³/mol. The van der Waals surface area contributed by atoms with Crippen molar-refractivity contribution < 1.29 is 9.21 Å². The number of carbonyl (C=O) groups excluding carboxylic acids is 1. The van der Waals surface area contributed by atoms with Gasteiger partial charge in [-0.2, -0.15) is 0 Å². The molecule has 0 saturated heterocycles. The molecule has 2 heterocycles. The van der Waals surface area contributed by atoms with Crippen LogP contribution in [0.1, 0.15) is 35.5 Å². The number of amides is 1. The first kappa shape index (κ1) is 14.5. The van der Waals surface area contributed by atoms with Crippen LogP contribution in [0.15, 0.2) is 40.1 Å². The highest BCUT2D eigenvalue weighted by Gasteiger charge is 2.17. The van der Waals surface area contributed by atoms with Gasteiger partial charge in [-0.1, -0.05) is 12.5 Å². The fourth-order valence-corrected chi connectivity index (χ4v) is 4.00. The first-order valence-corrected chi connectivity index (χ1v) is 9.04. The molecule has 0 atom stereocenters. The molecule has 0 aliphatic heterocycles. The van der Waals surface area contributed by atoms with Crippen molar-refractivity contribution in [3.63, 3.8) is 0 Å². The van der Waals surface area contributed by atoms with Crippen LogP contribution in [0.5, 0.6) is 0 Å². The van der Waals surface area contributed by atoms with Crippen molar-refractivity contribution in [3.05, 3.63) is 51.9 Å². The van der Waals surface area contributed by atoms with Crippen molar-refractivity contribution in [2.24, 2.45) is 0 Å². The molecule has 1 aliphatic rings. The van der Waals surface area contributed by atoms with Crippen LogP contribution in [0.3, 0.4) is 0 Å². The first-order chi connectivity index (χ1) is 11.3. The number of carbonyl (C=O) groups is 1. The number of anilines is 1. The van der Waals surface area contributed by atoms with E-state index in [4.69, 9.17) is 4.42 Å². The molecule has 0 saturated carbocycles. The highest BCUT2D eigenvalue weighted by Crippen LogP contribution is 2.32. The lowest BCUT2D eigenvalue weighted by atomic mass is 10.1. The van der Waals surface area contributed by atoms with Crippen molar-refractivity contribution in [3.8, 4) is 0 Å². The van der Waals surface area contributed by atoms with E-state index in [0.717, 1.165) is 40.1 Å². The van der Waals surface area contributed by atoms with E-state index in [2.05, 4.69) is 11.4 Å². The average molecular weight is 325 g/mol. The fraction of sp³-hybridized carbons (Fsp3) is 0.316. The minimum Gasteiger partial charge on any atom is -0.461 e. The molecule has 3 nitrogen and oxygen atoms in total. The largest absolute Gasteiger partial charge is 0.461 e. The third-order valence-electron chi connectivity index (χ3n) is 4.40. The maximum Gasteiger partial charge on any atom is 0.229 e. The zero-order valence-corrected chi connectivity index (χ0v) is 13.7. The van der Waals surface area contributed by atoms with Crippen molar-refractivity contribution >= 4 is 33.9 Å². The van der Waals surface area contributed by atoms with Crippen LogP contribution < -0.4 is 5.32 Å². The molecule has 23 heavy (non-hydrogen) atoms. The third-order valence-corrected chi connectivity index (χ3v) is 5.28. The van der Waals surface area contributed by atoms with Crippen molar-refractivity contribution in [2.75, 3.05) is 5.32 Å². The van der Waals surface area contributed by atoms with Gasteiger partial charge >= 0.3 is 0 Å². The number of fused-ring (bicyclic) bond motifs is 3. The number of aryl methyl sites for hydroxylation is 2. The molecule has 0 unspecified atom stereocenters. The van der Waals surface area contributed by atoms with Gasteiger partial charge in [0, 0.05) is 27.9 Å². The van der Waals surface area contributed by atoms with Crippen LogP contribution in [0.25, 0.3) is 11.0 Å². The normalized spacial score (nSPS) is 14.4. The van der Waals surface area contributed by atoms with Gasteiger partial charge in [-0.05, 0) is 48.9 Å². The van der Waals surface area contributed by atoms with E-state index in [0.29, 0.717) is 6.42 Å². The zero-order chi connectivity index (χ0) is 15.6. The van der Waals surface area contributed by atoms with Gasteiger partial charge in [0.05, 0.1) is 6.42 Å². The molecular weight excluding hydrogens is 306 g/mol. The molecule has 0 bridgehead atoms. The highest BCUT2D eigenvalue weighted by atomic mass is 32.1. The Labute approximate surface area is 139 Å². The summed E-state index contributed by atoms with van der Waals surface area (Å²) in [4.78, 5) is 13.3. The predicted octanol–water partition coefficient (Wildman–Crippen LogP) is 4.94. The summed E-state index contributed by atoms with van der Waals surface area (Å²) in [5.74, 6) is 1.17. The summed E-state index contributed by atoms with van der Waals surface area (Å²) in [5.41, 5.74) is 3.13. The van der Waals surface area contributed by atoms with Crippen LogP contribution in [0.2, 0.25) is 0 Å². The summed E-state index contributed by atoms with van der Waals surface area (Å²) < 4.78 is 6.00. The van der Waals surface area contributed by atoms with Gasteiger partial charge in [-0.15, -0.1) is 11.3 Å². The number of rotatable bonds is 3. The minimum atomic E-state index is 0.0291. The van der Waals surface area contributed by atoms with Gasteiger partial charge < -0.3 is 9.73 Å². The van der Waals surface area contributed by atoms with Crippen LogP contribution in [-0.2, 0) is 24.1 Å². The lowest BCUT2D eigenvalue weighted by molar-refractivity contribution is -0.115. The van der Waals surface area contributed by atoms with Crippen molar-refractivity contribution in [1.82, 2.24) is 0 Å². The number of benzene rings is 1. The summed E-state index contributed by atoms with van der Waals surface area (Å²) >= 11 is 1.61. The second-order valence-corrected chi connectivity index (χ2v) is 7.11. The first-order valence-electron chi connectivity index (χ1n) is 8.16. The molecule has 118 valence electrons. The standard InChI is InChI=1S/C19H19NO2S/c21-19(12-14-5-4-10-23-14)20-13-8-9-18-16(11-13)15-6-2-1-3-7-17(15)22-18/h4-5,8-11H,1-3,6-7,12H2,(H,20,21). The number of thiophene rings is 1. The SMILES string of the molecule is O=C(Cc1cccs1)Nc1ccc2oc3c(c2c1)CCCCC3. The summed E-state index contributed by atoms with van der Waals surface area (Å²) in [6.45, 7) is 0. The van der Waals surface area contributed by atoms with Gasteiger partial charge in [0.1, 0.15) is 11.3 Å². The molecule has 1 N–H and O–H groups in total. The summed E-state index contributed by atoms with van der Waals surface area (Å²) in [7, 11) is 0. The van der Waals surface area contributed by atoms with Crippen molar-refractivity contribution in [1.29, 1.82) is 0 Å². The lowest BCUT2D eigenvalue weighted by Gasteiger charge is -2.05. The van der Waals surface area contributed by atoms with Crippen LogP contribution in [0.4, 0.5) is 5.69 Å². The molecule has 0 spiro atoms. The van der Waals surface area contributed by atoms with Gasteiger partial charge in [0.15, 0.2) is 0 Å².